The fraction of sp³-hybridized carbons (Fsp3) is 0.0909. The quantitative estimate of drug-likeness (QED) is 0.694. The Morgan fingerprint density at radius 2 is 1.77 bits per heavy atom. The van der Waals surface area contributed by atoms with Crippen LogP contribution in [0.25, 0.3) is 10.8 Å². The van der Waals surface area contributed by atoms with Crippen LogP contribution in [-0.2, 0) is 6.61 Å². The summed E-state index contributed by atoms with van der Waals surface area (Å²) in [5, 5.41) is 20.4. The first-order valence-corrected chi connectivity index (χ1v) is 4.13. The molecule has 2 aromatic rings. The lowest BCUT2D eigenvalue weighted by molar-refractivity contribution is 0.277. The van der Waals surface area contributed by atoms with Crippen molar-refractivity contribution in [3.8, 4) is 5.75 Å². The molecule has 0 amide bonds. The summed E-state index contributed by atoms with van der Waals surface area (Å²) >= 11 is 0. The summed E-state index contributed by atoms with van der Waals surface area (Å²) in [4.78, 5) is 0. The van der Waals surface area contributed by atoms with Gasteiger partial charge in [-0.3, -0.25) is 0 Å². The van der Waals surface area contributed by atoms with Crippen LogP contribution in [0.1, 0.15) is 5.56 Å². The Morgan fingerprint density at radius 1 is 1.00 bits per heavy atom. The van der Waals surface area contributed by atoms with Gasteiger partial charge in [-0.15, -0.1) is 0 Å². The molecule has 2 nitrogen and oxygen atoms in total. The van der Waals surface area contributed by atoms with E-state index >= 15 is 0 Å². The smallest absolute Gasteiger partial charge is 0.121 e. The van der Waals surface area contributed by atoms with Gasteiger partial charge in [0.05, 0.1) is 6.61 Å². The molecule has 0 fully saturated rings. The van der Waals surface area contributed by atoms with E-state index in [9.17, 15) is 5.11 Å². The van der Waals surface area contributed by atoms with E-state index < -0.39 is 0 Å². The predicted octanol–water partition coefficient (Wildman–Crippen LogP) is 2.04. The molecule has 13 heavy (non-hydrogen) atoms. The molecule has 0 aliphatic rings. The number of aliphatic hydroxyl groups excluding tert-OH is 1. The van der Waals surface area contributed by atoms with Crippen molar-refractivity contribution in [1.29, 1.82) is 0 Å². The van der Waals surface area contributed by atoms with Crippen LogP contribution in [0.4, 0.5) is 0 Å². The molecule has 2 aromatic carbocycles. The average Bonchev–Trinajstić information content (AvgIpc) is 2.18. The maximum Gasteiger partial charge on any atom is 0.121 e. The van der Waals surface area contributed by atoms with E-state index in [0.717, 1.165) is 10.8 Å². The van der Waals surface area contributed by atoms with Crippen molar-refractivity contribution in [2.24, 2.45) is 0 Å². The number of benzene rings is 2. The Kier molecular flexibility index (Phi) is 1.91. The molecular formula is C11H10O2. The largest absolute Gasteiger partial charge is 0.508 e. The number of hydrogen-bond donors (Lipinski definition) is 2. The van der Waals surface area contributed by atoms with Gasteiger partial charge < -0.3 is 10.2 Å². The van der Waals surface area contributed by atoms with Gasteiger partial charge in [0.2, 0.25) is 0 Å². The molecule has 0 aliphatic carbocycles. The number of phenols is 1. The lowest BCUT2D eigenvalue weighted by atomic mass is 10.0. The average molecular weight is 174 g/mol. The zero-order chi connectivity index (χ0) is 9.26. The maximum atomic E-state index is 9.45. The van der Waals surface area contributed by atoms with E-state index in [2.05, 4.69) is 0 Å². The lowest BCUT2D eigenvalue weighted by Gasteiger charge is -2.05. The van der Waals surface area contributed by atoms with Gasteiger partial charge in [0.15, 0.2) is 0 Å². The fourth-order valence-electron chi connectivity index (χ4n) is 1.49. The molecule has 2 heteroatoms. The highest BCUT2D eigenvalue weighted by Crippen LogP contribution is 2.26. The fourth-order valence-corrected chi connectivity index (χ4v) is 1.49. The second kappa shape index (κ2) is 3.07. The summed E-state index contributed by atoms with van der Waals surface area (Å²) in [6, 6.07) is 11.1. The van der Waals surface area contributed by atoms with Gasteiger partial charge >= 0.3 is 0 Å². The minimum absolute atomic E-state index is 0.132. The molecule has 0 atom stereocenters. The van der Waals surface area contributed by atoms with Gasteiger partial charge in [0.1, 0.15) is 5.75 Å². The van der Waals surface area contributed by atoms with Gasteiger partial charge in [0, 0.05) is 5.56 Å². The molecule has 2 N–H and O–H groups in total. The third-order valence-corrected chi connectivity index (χ3v) is 2.17. The summed E-state index contributed by atoms with van der Waals surface area (Å²) < 4.78 is 0. The standard InChI is InChI=1S/C11H10O2/c12-7-10-9-4-2-1-3-8(9)5-6-11(10)13/h1-6,12-13H,7H2. The monoisotopic (exact) mass is 174 g/mol. The van der Waals surface area contributed by atoms with Crippen molar-refractivity contribution in [3.63, 3.8) is 0 Å². The van der Waals surface area contributed by atoms with Crippen LogP contribution in [0.5, 0.6) is 5.75 Å². The zero-order valence-electron chi connectivity index (χ0n) is 7.07. The maximum absolute atomic E-state index is 9.45. The summed E-state index contributed by atoms with van der Waals surface area (Å²) in [5.41, 5.74) is 0.595. The first-order valence-electron chi connectivity index (χ1n) is 4.13. The normalized spacial score (nSPS) is 10.5. The Hall–Kier alpha value is -1.54. The molecule has 0 unspecified atom stereocenters. The Morgan fingerprint density at radius 3 is 2.54 bits per heavy atom. The Bertz CT molecular complexity index is 435. The van der Waals surface area contributed by atoms with E-state index in [0.29, 0.717) is 5.56 Å². The van der Waals surface area contributed by atoms with Crippen molar-refractivity contribution >= 4 is 10.8 Å². The van der Waals surface area contributed by atoms with Gasteiger partial charge in [-0.2, -0.15) is 0 Å². The number of aromatic hydroxyl groups is 1. The topological polar surface area (TPSA) is 40.5 Å². The van der Waals surface area contributed by atoms with Gasteiger partial charge in [0.25, 0.3) is 0 Å². The van der Waals surface area contributed by atoms with Crippen LogP contribution in [-0.4, -0.2) is 10.2 Å². The van der Waals surface area contributed by atoms with Crippen molar-refractivity contribution in [1.82, 2.24) is 0 Å². The molecule has 2 rings (SSSR count). The first-order chi connectivity index (χ1) is 6.33. The number of hydrogen-bond acceptors (Lipinski definition) is 2. The van der Waals surface area contributed by atoms with Crippen LogP contribution in [0.2, 0.25) is 0 Å². The zero-order valence-corrected chi connectivity index (χ0v) is 7.07. The number of aliphatic hydroxyl groups is 1. The van der Waals surface area contributed by atoms with E-state index in [1.807, 2.05) is 30.3 Å². The third kappa shape index (κ3) is 1.25. The van der Waals surface area contributed by atoms with Crippen molar-refractivity contribution in [2.75, 3.05) is 0 Å². The van der Waals surface area contributed by atoms with E-state index in [1.165, 1.54) is 0 Å². The molecule has 0 saturated heterocycles. The van der Waals surface area contributed by atoms with Crippen LogP contribution >= 0.6 is 0 Å². The Balaban J connectivity index is 2.84. The number of fused-ring (bicyclic) bond motifs is 1. The summed E-state index contributed by atoms with van der Waals surface area (Å²) in [5.74, 6) is 0.154. The van der Waals surface area contributed by atoms with Crippen molar-refractivity contribution in [3.05, 3.63) is 42.0 Å². The second-order valence-corrected chi connectivity index (χ2v) is 2.94. The third-order valence-electron chi connectivity index (χ3n) is 2.17. The van der Waals surface area contributed by atoms with Crippen LogP contribution in [0.3, 0.4) is 0 Å². The minimum atomic E-state index is -0.132. The summed E-state index contributed by atoms with van der Waals surface area (Å²) in [6.07, 6.45) is 0. The van der Waals surface area contributed by atoms with Crippen LogP contribution in [0.15, 0.2) is 36.4 Å². The molecule has 0 radical (unpaired) electrons. The van der Waals surface area contributed by atoms with E-state index in [4.69, 9.17) is 5.11 Å². The molecule has 0 bridgehead atoms. The molecule has 0 saturated carbocycles. The molecule has 0 aromatic heterocycles. The summed E-state index contributed by atoms with van der Waals surface area (Å²) in [7, 11) is 0. The van der Waals surface area contributed by atoms with Crippen LogP contribution in [0, 0.1) is 0 Å². The molecular weight excluding hydrogens is 164 g/mol. The highest BCUT2D eigenvalue weighted by Gasteiger charge is 2.03. The summed E-state index contributed by atoms with van der Waals surface area (Å²) in [6.45, 7) is -0.132. The molecule has 0 aliphatic heterocycles. The lowest BCUT2D eigenvalue weighted by Crippen LogP contribution is -1.86. The predicted molar refractivity (Wildman–Crippen MR) is 51.5 cm³/mol. The molecule has 0 heterocycles. The number of rotatable bonds is 1. The molecule has 0 spiro atoms. The van der Waals surface area contributed by atoms with Gasteiger partial charge in [-0.05, 0) is 16.8 Å². The Labute approximate surface area is 76.1 Å². The van der Waals surface area contributed by atoms with Gasteiger partial charge in [-0.25, -0.2) is 0 Å². The van der Waals surface area contributed by atoms with Gasteiger partial charge in [-0.1, -0.05) is 30.3 Å². The van der Waals surface area contributed by atoms with Crippen molar-refractivity contribution in [2.45, 2.75) is 6.61 Å². The highest BCUT2D eigenvalue weighted by molar-refractivity contribution is 5.87. The van der Waals surface area contributed by atoms with Crippen molar-refractivity contribution < 1.29 is 10.2 Å². The van der Waals surface area contributed by atoms with E-state index in [1.54, 1.807) is 6.07 Å². The molecule has 66 valence electrons. The first kappa shape index (κ1) is 8.08. The minimum Gasteiger partial charge on any atom is -0.508 e. The van der Waals surface area contributed by atoms with Crippen LogP contribution < -0.4 is 0 Å². The SMILES string of the molecule is OCc1c(O)ccc2ccccc12. The van der Waals surface area contributed by atoms with E-state index in [-0.39, 0.29) is 12.4 Å². The second-order valence-electron chi connectivity index (χ2n) is 2.94. The highest BCUT2D eigenvalue weighted by atomic mass is 16.3.